The Labute approximate surface area is 170 Å². The molecule has 0 radical (unpaired) electrons. The third-order valence-corrected chi connectivity index (χ3v) is 3.84. The number of halogens is 4. The first-order valence-corrected chi connectivity index (χ1v) is 8.84. The molecule has 0 unspecified atom stereocenters. The number of nitrogens with zero attached hydrogens (tertiary/aromatic N) is 1. The lowest BCUT2D eigenvalue weighted by Gasteiger charge is -2.17. The van der Waals surface area contributed by atoms with Crippen LogP contribution < -0.4 is 15.4 Å². The van der Waals surface area contributed by atoms with Crippen molar-refractivity contribution < 1.29 is 27.5 Å². The monoisotopic (exact) mass is 429 g/mol. The van der Waals surface area contributed by atoms with Crippen LogP contribution >= 0.6 is 11.6 Å². The summed E-state index contributed by atoms with van der Waals surface area (Å²) in [5, 5.41) is 5.64. The molecule has 0 aliphatic carbocycles. The summed E-state index contributed by atoms with van der Waals surface area (Å²) in [6, 6.07) is 12.2. The topological polar surface area (TPSA) is 70.7 Å². The molecule has 0 spiro atoms. The maximum Gasteiger partial charge on any atom is 0.573 e. The molecule has 10 heteroatoms. The number of rotatable bonds is 8. The van der Waals surface area contributed by atoms with Crippen LogP contribution in [0.5, 0.6) is 5.75 Å². The standard InChI is InChI=1S/C19H19ClF3N3O3/c1-26(12-18(28)25-15-7-4-6-14(20)9-15)11-17(27)24-10-13-5-2-3-8-16(13)29-19(21,22)23/h2-9H,10-12H2,1H3,(H,24,27)(H,25,28). The molecule has 0 saturated heterocycles. The van der Waals surface area contributed by atoms with Crippen LogP contribution in [0.3, 0.4) is 0 Å². The maximum absolute atomic E-state index is 12.4. The zero-order valence-electron chi connectivity index (χ0n) is 15.4. The maximum atomic E-state index is 12.4. The second-order valence-electron chi connectivity index (χ2n) is 6.16. The summed E-state index contributed by atoms with van der Waals surface area (Å²) in [5.41, 5.74) is 0.709. The molecule has 6 nitrogen and oxygen atoms in total. The van der Waals surface area contributed by atoms with Crippen LogP contribution in [0.2, 0.25) is 5.02 Å². The van der Waals surface area contributed by atoms with E-state index in [-0.39, 0.29) is 36.9 Å². The number of likely N-dealkylation sites (N-methyl/N-ethyl adjacent to an activating group) is 1. The Morgan fingerprint density at radius 3 is 2.45 bits per heavy atom. The van der Waals surface area contributed by atoms with E-state index in [9.17, 15) is 22.8 Å². The zero-order valence-corrected chi connectivity index (χ0v) is 16.2. The number of carbonyl (C=O) groups excluding carboxylic acids is 2. The molecule has 0 saturated carbocycles. The van der Waals surface area contributed by atoms with Gasteiger partial charge in [-0.3, -0.25) is 14.5 Å². The molecule has 2 amide bonds. The van der Waals surface area contributed by atoms with Crippen molar-refractivity contribution >= 4 is 29.1 Å². The SMILES string of the molecule is CN(CC(=O)NCc1ccccc1OC(F)(F)F)CC(=O)Nc1cccc(Cl)c1. The molecular weight excluding hydrogens is 411 g/mol. The molecule has 0 aromatic heterocycles. The van der Waals surface area contributed by atoms with Gasteiger partial charge in [-0.2, -0.15) is 0 Å². The van der Waals surface area contributed by atoms with Gasteiger partial charge in [0.05, 0.1) is 13.1 Å². The summed E-state index contributed by atoms with van der Waals surface area (Å²) in [4.78, 5) is 25.5. The Hall–Kier alpha value is -2.78. The fraction of sp³-hybridized carbons (Fsp3) is 0.263. The van der Waals surface area contributed by atoms with Gasteiger partial charge in [-0.05, 0) is 31.3 Å². The third-order valence-electron chi connectivity index (χ3n) is 3.61. The van der Waals surface area contributed by atoms with E-state index in [1.165, 1.54) is 29.2 Å². The van der Waals surface area contributed by atoms with Crippen molar-refractivity contribution in [3.8, 4) is 5.75 Å². The molecule has 0 aliphatic rings. The molecule has 0 bridgehead atoms. The molecule has 0 fully saturated rings. The molecule has 0 atom stereocenters. The summed E-state index contributed by atoms with van der Waals surface area (Å²) in [6.45, 7) is -0.327. The summed E-state index contributed by atoms with van der Waals surface area (Å²) in [7, 11) is 1.57. The van der Waals surface area contributed by atoms with E-state index in [0.717, 1.165) is 0 Å². The molecule has 2 aromatic carbocycles. The lowest BCUT2D eigenvalue weighted by molar-refractivity contribution is -0.274. The van der Waals surface area contributed by atoms with Crippen molar-refractivity contribution in [1.29, 1.82) is 0 Å². The predicted octanol–water partition coefficient (Wildman–Crippen LogP) is 3.43. The van der Waals surface area contributed by atoms with Crippen LogP contribution in [0.4, 0.5) is 18.9 Å². The highest BCUT2D eigenvalue weighted by molar-refractivity contribution is 6.30. The number of benzene rings is 2. The summed E-state index contributed by atoms with van der Waals surface area (Å²) in [5.74, 6) is -1.18. The van der Waals surface area contributed by atoms with Crippen LogP contribution in [0.25, 0.3) is 0 Å². The number of amides is 2. The number of nitrogens with one attached hydrogen (secondary N) is 2. The number of ether oxygens (including phenoxy) is 1. The van der Waals surface area contributed by atoms with Crippen molar-refractivity contribution in [2.75, 3.05) is 25.5 Å². The quantitative estimate of drug-likeness (QED) is 0.674. The number of carbonyl (C=O) groups is 2. The van der Waals surface area contributed by atoms with E-state index in [4.69, 9.17) is 11.6 Å². The number of hydrogen-bond donors (Lipinski definition) is 2. The van der Waals surface area contributed by atoms with E-state index < -0.39 is 12.3 Å². The molecule has 2 rings (SSSR count). The van der Waals surface area contributed by atoms with E-state index in [1.54, 1.807) is 31.3 Å². The van der Waals surface area contributed by atoms with Crippen LogP contribution in [-0.4, -0.2) is 43.2 Å². The number of hydrogen-bond acceptors (Lipinski definition) is 4. The average Bonchev–Trinajstić information content (AvgIpc) is 2.59. The lowest BCUT2D eigenvalue weighted by atomic mass is 10.2. The second-order valence-corrected chi connectivity index (χ2v) is 6.60. The van der Waals surface area contributed by atoms with Gasteiger partial charge in [-0.1, -0.05) is 35.9 Å². The first-order chi connectivity index (χ1) is 13.6. The van der Waals surface area contributed by atoms with Gasteiger partial charge >= 0.3 is 6.36 Å². The van der Waals surface area contributed by atoms with Gasteiger partial charge in [0.25, 0.3) is 0 Å². The predicted molar refractivity (Wildman–Crippen MR) is 103 cm³/mol. The van der Waals surface area contributed by atoms with E-state index in [1.807, 2.05) is 0 Å². The first kappa shape index (κ1) is 22.5. The number of anilines is 1. The summed E-state index contributed by atoms with van der Waals surface area (Å²) in [6.07, 6.45) is -4.82. The average molecular weight is 430 g/mol. The number of para-hydroxylation sites is 1. The van der Waals surface area contributed by atoms with E-state index in [0.29, 0.717) is 10.7 Å². The Morgan fingerprint density at radius 1 is 1.07 bits per heavy atom. The molecule has 0 aliphatic heterocycles. The minimum Gasteiger partial charge on any atom is -0.405 e. The minimum absolute atomic E-state index is 0.0618. The van der Waals surface area contributed by atoms with E-state index >= 15 is 0 Å². The van der Waals surface area contributed by atoms with Crippen molar-refractivity contribution in [1.82, 2.24) is 10.2 Å². The highest BCUT2D eigenvalue weighted by Gasteiger charge is 2.32. The van der Waals surface area contributed by atoms with Gasteiger partial charge in [-0.15, -0.1) is 13.2 Å². The Bertz CT molecular complexity index is 862. The fourth-order valence-corrected chi connectivity index (χ4v) is 2.63. The van der Waals surface area contributed by atoms with Crippen molar-refractivity contribution in [2.24, 2.45) is 0 Å². The summed E-state index contributed by atoms with van der Waals surface area (Å²) >= 11 is 5.85. The molecule has 0 heterocycles. The van der Waals surface area contributed by atoms with Gasteiger partial charge in [0, 0.05) is 22.8 Å². The van der Waals surface area contributed by atoms with Crippen molar-refractivity contribution in [3.63, 3.8) is 0 Å². The largest absolute Gasteiger partial charge is 0.573 e. The van der Waals surface area contributed by atoms with Gasteiger partial charge in [0.2, 0.25) is 11.8 Å². The van der Waals surface area contributed by atoms with Crippen LogP contribution in [0, 0.1) is 0 Å². The Kier molecular flexibility index (Phi) is 7.86. The van der Waals surface area contributed by atoms with Crippen LogP contribution in [0.15, 0.2) is 48.5 Å². The van der Waals surface area contributed by atoms with Gasteiger partial charge in [0.15, 0.2) is 0 Å². The summed E-state index contributed by atoms with van der Waals surface area (Å²) < 4.78 is 41.2. The van der Waals surface area contributed by atoms with Crippen LogP contribution in [-0.2, 0) is 16.1 Å². The molecule has 2 aromatic rings. The first-order valence-electron chi connectivity index (χ1n) is 8.47. The van der Waals surface area contributed by atoms with E-state index in [2.05, 4.69) is 15.4 Å². The van der Waals surface area contributed by atoms with Crippen LogP contribution in [0.1, 0.15) is 5.56 Å². The lowest BCUT2D eigenvalue weighted by Crippen LogP contribution is -2.38. The normalized spacial score (nSPS) is 11.2. The van der Waals surface area contributed by atoms with Crippen molar-refractivity contribution in [3.05, 3.63) is 59.1 Å². The second kappa shape index (κ2) is 10.1. The third kappa shape index (κ3) is 8.41. The Balaban J connectivity index is 1.81. The molecule has 2 N–H and O–H groups in total. The fourth-order valence-electron chi connectivity index (χ4n) is 2.44. The highest BCUT2D eigenvalue weighted by atomic mass is 35.5. The molecule has 29 heavy (non-hydrogen) atoms. The van der Waals surface area contributed by atoms with Gasteiger partial charge < -0.3 is 15.4 Å². The highest BCUT2D eigenvalue weighted by Crippen LogP contribution is 2.26. The Morgan fingerprint density at radius 2 is 1.76 bits per heavy atom. The van der Waals surface area contributed by atoms with Gasteiger partial charge in [0.1, 0.15) is 5.75 Å². The van der Waals surface area contributed by atoms with Gasteiger partial charge in [-0.25, -0.2) is 0 Å². The minimum atomic E-state index is -4.82. The van der Waals surface area contributed by atoms with Crippen molar-refractivity contribution in [2.45, 2.75) is 12.9 Å². The smallest absolute Gasteiger partial charge is 0.405 e. The molecule has 156 valence electrons. The number of alkyl halides is 3. The zero-order chi connectivity index (χ0) is 21.4. The molecular formula is C19H19ClF3N3O3.